The van der Waals surface area contributed by atoms with Crippen molar-refractivity contribution in [1.29, 1.82) is 0 Å². The molecular weight excluding hydrogens is 336 g/mol. The van der Waals surface area contributed by atoms with Crippen molar-refractivity contribution in [3.05, 3.63) is 0 Å². The van der Waals surface area contributed by atoms with Gasteiger partial charge in [-0.05, 0) is 63.2 Å². The summed E-state index contributed by atoms with van der Waals surface area (Å²) in [6, 6.07) is 0. The van der Waals surface area contributed by atoms with Crippen LogP contribution in [-0.2, 0) is 28.5 Å². The van der Waals surface area contributed by atoms with Gasteiger partial charge in [0, 0.05) is 12.8 Å². The van der Waals surface area contributed by atoms with Crippen molar-refractivity contribution in [3.8, 4) is 0 Å². The highest BCUT2D eigenvalue weighted by atomic mass is 16.6. The Labute approximate surface area is 154 Å². The van der Waals surface area contributed by atoms with Crippen molar-refractivity contribution in [1.82, 2.24) is 0 Å². The highest BCUT2D eigenvalue weighted by Crippen LogP contribution is 2.40. The molecule has 6 atom stereocenters. The Kier molecular flexibility index (Phi) is 5.79. The number of carbonyl (C=O) groups excluding carboxylic acids is 2. The second-order valence-corrected chi connectivity index (χ2v) is 8.36. The van der Waals surface area contributed by atoms with Crippen LogP contribution in [-0.4, -0.2) is 49.6 Å². The molecule has 146 valence electrons. The van der Waals surface area contributed by atoms with Crippen molar-refractivity contribution in [3.63, 3.8) is 0 Å². The molecule has 6 nitrogen and oxygen atoms in total. The van der Waals surface area contributed by atoms with E-state index in [-0.39, 0.29) is 11.9 Å². The van der Waals surface area contributed by atoms with Gasteiger partial charge in [-0.1, -0.05) is 0 Å². The van der Waals surface area contributed by atoms with Crippen LogP contribution in [0, 0.1) is 11.8 Å². The summed E-state index contributed by atoms with van der Waals surface area (Å²) in [7, 11) is 0. The SMILES string of the molecule is O=C(CCCCC(=O)OC[C@@H]1CC[C@H]2O[C@@H]2C1)OC[C@@H]1CC[C@@H]2O[C@H]2C1. The van der Waals surface area contributed by atoms with E-state index in [1.807, 2.05) is 0 Å². The molecule has 6 heteroatoms. The van der Waals surface area contributed by atoms with Crippen LogP contribution in [0.25, 0.3) is 0 Å². The van der Waals surface area contributed by atoms with E-state index in [9.17, 15) is 9.59 Å². The minimum atomic E-state index is -0.154. The summed E-state index contributed by atoms with van der Waals surface area (Å²) < 4.78 is 21.7. The lowest BCUT2D eigenvalue weighted by Gasteiger charge is -2.18. The monoisotopic (exact) mass is 366 g/mol. The largest absolute Gasteiger partial charge is 0.465 e. The molecule has 0 aromatic rings. The molecule has 0 aromatic heterocycles. The first-order valence-electron chi connectivity index (χ1n) is 10.3. The van der Waals surface area contributed by atoms with E-state index < -0.39 is 0 Å². The predicted molar refractivity (Wildman–Crippen MR) is 92.4 cm³/mol. The molecular formula is C20H30O6. The van der Waals surface area contributed by atoms with Gasteiger partial charge in [0.05, 0.1) is 37.6 Å². The maximum atomic E-state index is 11.8. The molecule has 26 heavy (non-hydrogen) atoms. The van der Waals surface area contributed by atoms with Crippen molar-refractivity contribution in [2.24, 2.45) is 11.8 Å². The van der Waals surface area contributed by atoms with Crippen LogP contribution < -0.4 is 0 Å². The fourth-order valence-electron chi connectivity index (χ4n) is 4.38. The molecule has 0 spiro atoms. The Bertz CT molecular complexity index is 474. The standard InChI is InChI=1S/C20H30O6/c21-19(23-11-13-5-7-15-17(9-13)25-15)3-1-2-4-20(22)24-12-14-6-8-16-18(10-14)26-16/h13-18H,1-12H2/t13-,14-,15-,16+,17-,18+/m1/s1. The second kappa shape index (κ2) is 8.26. The molecule has 0 radical (unpaired) electrons. The smallest absolute Gasteiger partial charge is 0.305 e. The first-order chi connectivity index (χ1) is 12.7. The summed E-state index contributed by atoms with van der Waals surface area (Å²) in [5, 5.41) is 0. The number of ether oxygens (including phenoxy) is 4. The lowest BCUT2D eigenvalue weighted by Crippen LogP contribution is -2.20. The minimum absolute atomic E-state index is 0.154. The number of unbranched alkanes of at least 4 members (excludes halogenated alkanes) is 1. The molecule has 2 aliphatic carbocycles. The van der Waals surface area contributed by atoms with E-state index in [4.69, 9.17) is 18.9 Å². The number of rotatable bonds is 9. The molecule has 0 N–H and O–H groups in total. The van der Waals surface area contributed by atoms with E-state index in [1.54, 1.807) is 0 Å². The lowest BCUT2D eigenvalue weighted by molar-refractivity contribution is -0.147. The maximum absolute atomic E-state index is 11.8. The van der Waals surface area contributed by atoms with Gasteiger partial charge in [-0.3, -0.25) is 9.59 Å². The Morgan fingerprint density at radius 2 is 1.15 bits per heavy atom. The molecule has 2 saturated carbocycles. The van der Waals surface area contributed by atoms with Gasteiger partial charge >= 0.3 is 11.9 Å². The lowest BCUT2D eigenvalue weighted by atomic mass is 9.90. The molecule has 2 aliphatic heterocycles. The van der Waals surface area contributed by atoms with Gasteiger partial charge in [0.1, 0.15) is 0 Å². The molecule has 4 fully saturated rings. The molecule has 0 unspecified atom stereocenters. The number of carbonyl (C=O) groups is 2. The normalized spacial score (nSPS) is 37.2. The van der Waals surface area contributed by atoms with Gasteiger partial charge in [0.25, 0.3) is 0 Å². The van der Waals surface area contributed by atoms with Crippen molar-refractivity contribution in [2.75, 3.05) is 13.2 Å². The second-order valence-electron chi connectivity index (χ2n) is 8.36. The molecule has 4 aliphatic rings. The van der Waals surface area contributed by atoms with E-state index in [0.29, 0.717) is 75.1 Å². The predicted octanol–water partition coefficient (Wildman–Crippen LogP) is 2.77. The van der Waals surface area contributed by atoms with Gasteiger partial charge in [0.15, 0.2) is 0 Å². The van der Waals surface area contributed by atoms with Crippen LogP contribution in [0.15, 0.2) is 0 Å². The Balaban J connectivity index is 0.992. The van der Waals surface area contributed by atoms with Crippen LogP contribution in [0.3, 0.4) is 0 Å². The first-order valence-corrected chi connectivity index (χ1v) is 10.3. The number of esters is 2. The van der Waals surface area contributed by atoms with Crippen molar-refractivity contribution >= 4 is 11.9 Å². The summed E-state index contributed by atoms with van der Waals surface area (Å²) in [5.41, 5.74) is 0. The van der Waals surface area contributed by atoms with Crippen molar-refractivity contribution in [2.45, 2.75) is 88.6 Å². The summed E-state index contributed by atoms with van der Waals surface area (Å²) in [5.74, 6) is 0.597. The highest BCUT2D eigenvalue weighted by molar-refractivity contribution is 5.70. The molecule has 2 saturated heterocycles. The summed E-state index contributed by atoms with van der Waals surface area (Å²) in [6.45, 7) is 1.03. The number of fused-ring (bicyclic) bond motifs is 2. The fourth-order valence-corrected chi connectivity index (χ4v) is 4.38. The van der Waals surface area contributed by atoms with Gasteiger partial charge in [-0.15, -0.1) is 0 Å². The molecule has 2 heterocycles. The van der Waals surface area contributed by atoms with Crippen LogP contribution in [0.5, 0.6) is 0 Å². The first kappa shape index (κ1) is 18.2. The Hall–Kier alpha value is -1.14. The number of hydrogen-bond acceptors (Lipinski definition) is 6. The maximum Gasteiger partial charge on any atom is 0.305 e. The minimum Gasteiger partial charge on any atom is -0.465 e. The van der Waals surface area contributed by atoms with Crippen LogP contribution in [0.4, 0.5) is 0 Å². The van der Waals surface area contributed by atoms with E-state index in [1.165, 1.54) is 0 Å². The third-order valence-electron chi connectivity index (χ3n) is 6.20. The van der Waals surface area contributed by atoms with Crippen LogP contribution in [0.2, 0.25) is 0 Å². The van der Waals surface area contributed by atoms with E-state index in [2.05, 4.69) is 0 Å². The van der Waals surface area contributed by atoms with Gasteiger partial charge < -0.3 is 18.9 Å². The Morgan fingerprint density at radius 1 is 0.692 bits per heavy atom. The van der Waals surface area contributed by atoms with Gasteiger partial charge in [-0.2, -0.15) is 0 Å². The molecule has 4 rings (SSSR count). The van der Waals surface area contributed by atoms with Crippen LogP contribution >= 0.6 is 0 Å². The third-order valence-corrected chi connectivity index (χ3v) is 6.20. The van der Waals surface area contributed by atoms with E-state index >= 15 is 0 Å². The van der Waals surface area contributed by atoms with E-state index in [0.717, 1.165) is 38.5 Å². The molecule has 0 bridgehead atoms. The number of epoxide rings is 2. The van der Waals surface area contributed by atoms with Gasteiger partial charge in [-0.25, -0.2) is 0 Å². The topological polar surface area (TPSA) is 77.7 Å². The van der Waals surface area contributed by atoms with Crippen LogP contribution in [0.1, 0.15) is 64.2 Å². The molecule has 0 aromatic carbocycles. The summed E-state index contributed by atoms with van der Waals surface area (Å²) >= 11 is 0. The average molecular weight is 366 g/mol. The average Bonchev–Trinajstić information content (AvgIpc) is 3.55. The third kappa shape index (κ3) is 5.19. The van der Waals surface area contributed by atoms with Crippen molar-refractivity contribution < 1.29 is 28.5 Å². The zero-order valence-corrected chi connectivity index (χ0v) is 15.4. The zero-order chi connectivity index (χ0) is 17.9. The Morgan fingerprint density at radius 3 is 1.58 bits per heavy atom. The number of hydrogen-bond donors (Lipinski definition) is 0. The zero-order valence-electron chi connectivity index (χ0n) is 15.4. The quantitative estimate of drug-likeness (QED) is 0.355. The summed E-state index contributed by atoms with van der Waals surface area (Å²) in [6.07, 6.45) is 10.4. The molecule has 0 amide bonds. The van der Waals surface area contributed by atoms with Gasteiger partial charge in [0.2, 0.25) is 0 Å². The summed E-state index contributed by atoms with van der Waals surface area (Å²) in [4.78, 5) is 23.6. The highest BCUT2D eigenvalue weighted by Gasteiger charge is 2.44. The fraction of sp³-hybridized carbons (Fsp3) is 0.900.